The number of carbonyl (C=O) groups excluding carboxylic acids is 1. The molecule has 0 saturated heterocycles. The molecule has 3 N–H and O–H groups in total. The SMILES string of the molecule is CCc1cnc(NC(=O)N[C@@H]2c3ccccc3C[C@H]2O)s1. The number of nitrogens with one attached hydrogen (secondary N) is 2. The number of hydrogen-bond acceptors (Lipinski definition) is 4. The number of aliphatic hydroxyl groups excluding tert-OH is 1. The highest BCUT2D eigenvalue weighted by Crippen LogP contribution is 2.31. The van der Waals surface area contributed by atoms with Gasteiger partial charge in [0.2, 0.25) is 0 Å². The molecule has 1 aromatic heterocycles. The number of carbonyl (C=O) groups is 1. The fraction of sp³-hybridized carbons (Fsp3) is 0.333. The number of aliphatic hydroxyl groups is 1. The lowest BCUT2D eigenvalue weighted by molar-refractivity contribution is 0.144. The molecule has 2 aromatic rings. The average molecular weight is 303 g/mol. The molecule has 0 saturated carbocycles. The number of anilines is 1. The van der Waals surface area contributed by atoms with Crippen molar-refractivity contribution in [2.45, 2.75) is 31.9 Å². The monoisotopic (exact) mass is 303 g/mol. The van der Waals surface area contributed by atoms with Gasteiger partial charge in [0, 0.05) is 17.5 Å². The van der Waals surface area contributed by atoms with Gasteiger partial charge in [-0.15, -0.1) is 11.3 Å². The van der Waals surface area contributed by atoms with Crippen molar-refractivity contribution in [1.82, 2.24) is 10.3 Å². The van der Waals surface area contributed by atoms with Crippen molar-refractivity contribution in [3.05, 3.63) is 46.5 Å². The summed E-state index contributed by atoms with van der Waals surface area (Å²) in [7, 11) is 0. The Morgan fingerprint density at radius 3 is 3.05 bits per heavy atom. The van der Waals surface area contributed by atoms with Gasteiger partial charge in [-0.05, 0) is 17.5 Å². The van der Waals surface area contributed by atoms with E-state index in [4.69, 9.17) is 0 Å². The minimum absolute atomic E-state index is 0.340. The van der Waals surface area contributed by atoms with Crippen LogP contribution in [0.5, 0.6) is 0 Å². The van der Waals surface area contributed by atoms with Gasteiger partial charge < -0.3 is 10.4 Å². The van der Waals surface area contributed by atoms with E-state index in [0.717, 1.165) is 22.4 Å². The van der Waals surface area contributed by atoms with Crippen LogP contribution in [0.1, 0.15) is 29.0 Å². The van der Waals surface area contributed by atoms with Gasteiger partial charge in [0.05, 0.1) is 12.1 Å². The van der Waals surface area contributed by atoms with Gasteiger partial charge in [0.1, 0.15) is 0 Å². The van der Waals surface area contributed by atoms with Crippen LogP contribution in [0.3, 0.4) is 0 Å². The molecule has 0 aliphatic heterocycles. The zero-order chi connectivity index (χ0) is 14.8. The summed E-state index contributed by atoms with van der Waals surface area (Å²) < 4.78 is 0. The van der Waals surface area contributed by atoms with E-state index in [2.05, 4.69) is 15.6 Å². The molecule has 1 aliphatic carbocycles. The van der Waals surface area contributed by atoms with Crippen LogP contribution >= 0.6 is 11.3 Å². The minimum Gasteiger partial charge on any atom is -0.390 e. The summed E-state index contributed by atoms with van der Waals surface area (Å²) in [6, 6.07) is 7.06. The number of aryl methyl sites for hydroxylation is 1. The maximum Gasteiger partial charge on any atom is 0.321 e. The molecule has 21 heavy (non-hydrogen) atoms. The Bertz CT molecular complexity index is 656. The summed E-state index contributed by atoms with van der Waals surface area (Å²) >= 11 is 1.46. The Balaban J connectivity index is 1.67. The summed E-state index contributed by atoms with van der Waals surface area (Å²) in [5.74, 6) is 0. The Labute approximate surface area is 127 Å². The van der Waals surface area contributed by atoms with Crippen molar-refractivity contribution in [1.29, 1.82) is 0 Å². The number of urea groups is 1. The van der Waals surface area contributed by atoms with Crippen molar-refractivity contribution in [2.24, 2.45) is 0 Å². The lowest BCUT2D eigenvalue weighted by atomic mass is 10.1. The minimum atomic E-state index is -0.587. The quantitative estimate of drug-likeness (QED) is 0.815. The van der Waals surface area contributed by atoms with Gasteiger partial charge >= 0.3 is 6.03 Å². The van der Waals surface area contributed by atoms with Crippen LogP contribution in [0.4, 0.5) is 9.93 Å². The molecule has 3 rings (SSSR count). The number of hydrogen-bond donors (Lipinski definition) is 3. The first-order valence-corrected chi connectivity index (χ1v) is 7.77. The Morgan fingerprint density at radius 2 is 2.29 bits per heavy atom. The third-order valence-corrected chi connectivity index (χ3v) is 4.67. The smallest absolute Gasteiger partial charge is 0.321 e. The zero-order valence-corrected chi connectivity index (χ0v) is 12.5. The first-order chi connectivity index (χ1) is 10.2. The fourth-order valence-electron chi connectivity index (χ4n) is 2.55. The predicted molar refractivity (Wildman–Crippen MR) is 82.5 cm³/mol. The molecule has 1 aliphatic rings. The maximum absolute atomic E-state index is 12.1. The van der Waals surface area contributed by atoms with E-state index >= 15 is 0 Å². The predicted octanol–water partition coefficient (Wildman–Crippen LogP) is 2.49. The van der Waals surface area contributed by atoms with Crippen LogP contribution < -0.4 is 10.6 Å². The highest BCUT2D eigenvalue weighted by atomic mass is 32.1. The second-order valence-electron chi connectivity index (χ2n) is 5.03. The molecule has 6 heteroatoms. The average Bonchev–Trinajstić information content (AvgIpc) is 3.04. The van der Waals surface area contributed by atoms with E-state index in [1.807, 2.05) is 31.2 Å². The summed E-state index contributed by atoms with van der Waals surface area (Å²) in [5, 5.41) is 16.2. The number of amides is 2. The Hall–Kier alpha value is -1.92. The third kappa shape index (κ3) is 2.91. The number of aromatic nitrogens is 1. The summed E-state index contributed by atoms with van der Waals surface area (Å²) in [5.41, 5.74) is 2.06. The zero-order valence-electron chi connectivity index (χ0n) is 11.7. The molecular formula is C15H17N3O2S. The molecule has 2 atom stereocenters. The highest BCUT2D eigenvalue weighted by molar-refractivity contribution is 7.15. The standard InChI is InChI=1S/C15H17N3O2S/c1-2-10-8-16-15(21-10)18-14(20)17-13-11-6-4-3-5-9(11)7-12(13)19/h3-6,8,12-13,19H,2,7H2,1H3,(H2,16,17,18,20)/t12-,13-/m1/s1. The molecule has 1 heterocycles. The first kappa shape index (κ1) is 14.0. The van der Waals surface area contributed by atoms with E-state index < -0.39 is 6.10 Å². The second-order valence-corrected chi connectivity index (χ2v) is 6.15. The largest absolute Gasteiger partial charge is 0.390 e. The van der Waals surface area contributed by atoms with E-state index in [1.54, 1.807) is 6.20 Å². The normalized spacial score (nSPS) is 20.1. The molecule has 0 bridgehead atoms. The van der Waals surface area contributed by atoms with Gasteiger partial charge in [0.15, 0.2) is 5.13 Å². The van der Waals surface area contributed by atoms with Crippen LogP contribution in [-0.4, -0.2) is 22.2 Å². The van der Waals surface area contributed by atoms with Crippen LogP contribution in [0, 0.1) is 0 Å². The molecule has 1 aromatic carbocycles. The number of nitrogens with zero attached hydrogens (tertiary/aromatic N) is 1. The van der Waals surface area contributed by atoms with Crippen molar-refractivity contribution >= 4 is 22.5 Å². The molecular weight excluding hydrogens is 286 g/mol. The van der Waals surface area contributed by atoms with E-state index in [0.29, 0.717) is 11.6 Å². The topological polar surface area (TPSA) is 74.2 Å². The van der Waals surface area contributed by atoms with Crippen molar-refractivity contribution in [2.75, 3.05) is 5.32 Å². The molecule has 0 spiro atoms. The molecule has 5 nitrogen and oxygen atoms in total. The van der Waals surface area contributed by atoms with Gasteiger partial charge in [-0.1, -0.05) is 31.2 Å². The van der Waals surface area contributed by atoms with Gasteiger partial charge in [-0.3, -0.25) is 5.32 Å². The number of benzene rings is 1. The van der Waals surface area contributed by atoms with Gasteiger partial charge in [-0.25, -0.2) is 9.78 Å². The van der Waals surface area contributed by atoms with Gasteiger partial charge in [-0.2, -0.15) is 0 Å². The number of thiazole rings is 1. The maximum atomic E-state index is 12.1. The first-order valence-electron chi connectivity index (χ1n) is 6.95. The summed E-state index contributed by atoms with van der Waals surface area (Å²) in [6.45, 7) is 2.04. The number of fused-ring (bicyclic) bond motifs is 1. The molecule has 0 radical (unpaired) electrons. The van der Waals surface area contributed by atoms with Crippen molar-refractivity contribution in [3.8, 4) is 0 Å². The van der Waals surface area contributed by atoms with Crippen LogP contribution in [0.2, 0.25) is 0 Å². The highest BCUT2D eigenvalue weighted by Gasteiger charge is 2.31. The van der Waals surface area contributed by atoms with Crippen molar-refractivity contribution in [3.63, 3.8) is 0 Å². The summed E-state index contributed by atoms with van der Waals surface area (Å²) in [6.07, 6.45) is 2.64. The van der Waals surface area contributed by atoms with Crippen LogP contribution in [-0.2, 0) is 12.8 Å². The molecule has 0 fully saturated rings. The van der Waals surface area contributed by atoms with E-state index in [9.17, 15) is 9.90 Å². The summed E-state index contributed by atoms with van der Waals surface area (Å²) in [4.78, 5) is 17.3. The molecule has 2 amide bonds. The van der Waals surface area contributed by atoms with E-state index in [-0.39, 0.29) is 12.1 Å². The second kappa shape index (κ2) is 5.83. The van der Waals surface area contributed by atoms with E-state index in [1.165, 1.54) is 11.3 Å². The van der Waals surface area contributed by atoms with Gasteiger partial charge in [0.25, 0.3) is 0 Å². The van der Waals surface area contributed by atoms with Crippen molar-refractivity contribution < 1.29 is 9.90 Å². The lowest BCUT2D eigenvalue weighted by Gasteiger charge is -2.17. The Kier molecular flexibility index (Phi) is 3.90. The Morgan fingerprint density at radius 1 is 1.48 bits per heavy atom. The van der Waals surface area contributed by atoms with Crippen LogP contribution in [0.25, 0.3) is 0 Å². The molecule has 0 unspecified atom stereocenters. The molecule has 110 valence electrons. The lowest BCUT2D eigenvalue weighted by Crippen LogP contribution is -2.36. The fourth-order valence-corrected chi connectivity index (χ4v) is 3.30. The number of rotatable bonds is 3. The van der Waals surface area contributed by atoms with Crippen LogP contribution in [0.15, 0.2) is 30.5 Å². The third-order valence-electron chi connectivity index (χ3n) is 3.61.